The minimum absolute atomic E-state index is 0.127. The van der Waals surface area contributed by atoms with Gasteiger partial charge < -0.3 is 20.8 Å². The molecular weight excluding hydrogens is 434 g/mol. The molecule has 0 aliphatic rings. The van der Waals surface area contributed by atoms with Gasteiger partial charge in [-0.2, -0.15) is 0 Å². The van der Waals surface area contributed by atoms with Crippen LogP contribution in [0.2, 0.25) is 0 Å². The van der Waals surface area contributed by atoms with Crippen LogP contribution in [-0.4, -0.2) is 30.6 Å². The van der Waals surface area contributed by atoms with Crippen molar-refractivity contribution >= 4 is 38.7 Å². The number of halogens is 1. The Bertz CT molecular complexity index is 1150. The summed E-state index contributed by atoms with van der Waals surface area (Å²) in [6.07, 6.45) is 1.58. The van der Waals surface area contributed by atoms with E-state index in [0.29, 0.717) is 24.1 Å². The lowest BCUT2D eigenvalue weighted by Gasteiger charge is -2.16. The predicted octanol–water partition coefficient (Wildman–Crippen LogP) is 3.59. The zero-order chi connectivity index (χ0) is 20.5. The van der Waals surface area contributed by atoms with E-state index < -0.39 is 0 Å². The van der Waals surface area contributed by atoms with Gasteiger partial charge in [-0.1, -0.05) is 0 Å². The highest BCUT2D eigenvalue weighted by atomic mass is 79.9. The topological polar surface area (TPSA) is 118 Å². The van der Waals surface area contributed by atoms with Crippen molar-refractivity contribution in [1.82, 2.24) is 24.5 Å². The van der Waals surface area contributed by atoms with Gasteiger partial charge in [-0.05, 0) is 60.1 Å². The molecule has 9 heteroatoms. The van der Waals surface area contributed by atoms with Gasteiger partial charge in [-0.15, -0.1) is 0 Å². The molecule has 0 aromatic carbocycles. The highest BCUT2D eigenvalue weighted by molar-refractivity contribution is 9.10. The van der Waals surface area contributed by atoms with E-state index in [1.54, 1.807) is 18.3 Å². The Morgan fingerprint density at radius 1 is 1.07 bits per heavy atom. The lowest BCUT2D eigenvalue weighted by atomic mass is 10.1. The van der Waals surface area contributed by atoms with E-state index in [-0.39, 0.29) is 6.10 Å². The van der Waals surface area contributed by atoms with Crippen LogP contribution in [0.25, 0.3) is 22.4 Å². The third-order valence-electron chi connectivity index (χ3n) is 4.41. The SMILES string of the molecule is Cc1nc2ccc(-c3cc(N)nc(N)c3)nc2n1C[C@H](C)Oc1ccc(Br)cn1. The maximum absolute atomic E-state index is 5.94. The van der Waals surface area contributed by atoms with Crippen LogP contribution in [0.1, 0.15) is 12.7 Å². The molecule has 4 rings (SSSR count). The van der Waals surface area contributed by atoms with E-state index in [4.69, 9.17) is 21.2 Å². The largest absolute Gasteiger partial charge is 0.473 e. The smallest absolute Gasteiger partial charge is 0.213 e. The molecule has 4 aromatic heterocycles. The number of hydrogen-bond acceptors (Lipinski definition) is 7. The van der Waals surface area contributed by atoms with Gasteiger partial charge in [0.2, 0.25) is 5.88 Å². The van der Waals surface area contributed by atoms with Crippen molar-refractivity contribution in [2.24, 2.45) is 0 Å². The molecular formula is C20H20BrN7O. The maximum atomic E-state index is 5.94. The first-order valence-electron chi connectivity index (χ1n) is 9.04. The molecule has 29 heavy (non-hydrogen) atoms. The highest BCUT2D eigenvalue weighted by Gasteiger charge is 2.15. The van der Waals surface area contributed by atoms with Crippen molar-refractivity contribution in [3.63, 3.8) is 0 Å². The fourth-order valence-electron chi connectivity index (χ4n) is 3.15. The second-order valence-electron chi connectivity index (χ2n) is 6.76. The van der Waals surface area contributed by atoms with E-state index in [1.807, 2.05) is 42.7 Å². The number of hydrogen-bond donors (Lipinski definition) is 2. The van der Waals surface area contributed by atoms with Crippen molar-refractivity contribution in [3.05, 3.63) is 52.9 Å². The number of aromatic nitrogens is 5. The molecule has 0 saturated heterocycles. The monoisotopic (exact) mass is 453 g/mol. The number of pyridine rings is 3. The summed E-state index contributed by atoms with van der Waals surface area (Å²) < 4.78 is 8.89. The number of fused-ring (bicyclic) bond motifs is 1. The molecule has 0 aliphatic carbocycles. The summed E-state index contributed by atoms with van der Waals surface area (Å²) in [5.74, 6) is 2.14. The fraction of sp³-hybridized carbons (Fsp3) is 0.200. The first-order valence-corrected chi connectivity index (χ1v) is 9.84. The van der Waals surface area contributed by atoms with Crippen LogP contribution in [-0.2, 0) is 6.54 Å². The number of aryl methyl sites for hydroxylation is 1. The number of anilines is 2. The van der Waals surface area contributed by atoms with Crippen LogP contribution in [0.5, 0.6) is 5.88 Å². The molecule has 4 N–H and O–H groups in total. The van der Waals surface area contributed by atoms with Crippen molar-refractivity contribution in [3.8, 4) is 17.1 Å². The molecule has 0 aliphatic heterocycles. The summed E-state index contributed by atoms with van der Waals surface area (Å²) in [6.45, 7) is 4.52. The van der Waals surface area contributed by atoms with Crippen LogP contribution in [0.15, 0.2) is 47.1 Å². The molecule has 0 saturated carbocycles. The predicted molar refractivity (Wildman–Crippen MR) is 116 cm³/mol. The zero-order valence-corrected chi connectivity index (χ0v) is 17.6. The molecule has 4 heterocycles. The molecule has 4 aromatic rings. The summed E-state index contributed by atoms with van der Waals surface area (Å²) >= 11 is 3.37. The number of imidazole rings is 1. The number of ether oxygens (including phenoxy) is 1. The Morgan fingerprint density at radius 2 is 1.83 bits per heavy atom. The first-order chi connectivity index (χ1) is 13.9. The summed E-state index contributed by atoms with van der Waals surface area (Å²) in [5, 5.41) is 0. The lowest BCUT2D eigenvalue weighted by Crippen LogP contribution is -2.21. The first kappa shape index (κ1) is 19.1. The van der Waals surface area contributed by atoms with Crippen molar-refractivity contribution < 1.29 is 4.74 Å². The molecule has 8 nitrogen and oxygen atoms in total. The van der Waals surface area contributed by atoms with Crippen molar-refractivity contribution in [1.29, 1.82) is 0 Å². The molecule has 0 unspecified atom stereocenters. The Morgan fingerprint density at radius 3 is 2.52 bits per heavy atom. The van der Waals surface area contributed by atoms with Crippen LogP contribution in [0.3, 0.4) is 0 Å². The molecule has 0 spiro atoms. The molecule has 0 bridgehead atoms. The van der Waals surface area contributed by atoms with E-state index in [0.717, 1.165) is 32.7 Å². The summed E-state index contributed by atoms with van der Waals surface area (Å²) in [6, 6.07) is 11.1. The van der Waals surface area contributed by atoms with E-state index in [9.17, 15) is 0 Å². The van der Waals surface area contributed by atoms with E-state index in [1.165, 1.54) is 0 Å². The third-order valence-corrected chi connectivity index (χ3v) is 4.87. The number of nitrogen functional groups attached to an aromatic ring is 2. The minimum Gasteiger partial charge on any atom is -0.473 e. The number of rotatable bonds is 5. The van der Waals surface area contributed by atoms with Gasteiger partial charge in [0.25, 0.3) is 0 Å². The minimum atomic E-state index is -0.127. The van der Waals surface area contributed by atoms with Gasteiger partial charge >= 0.3 is 0 Å². The molecule has 0 radical (unpaired) electrons. The van der Waals surface area contributed by atoms with Crippen LogP contribution in [0, 0.1) is 6.92 Å². The van der Waals surface area contributed by atoms with Gasteiger partial charge in [0.15, 0.2) is 5.65 Å². The van der Waals surface area contributed by atoms with E-state index in [2.05, 4.69) is 30.9 Å². The zero-order valence-electron chi connectivity index (χ0n) is 16.0. The van der Waals surface area contributed by atoms with Gasteiger partial charge in [0.05, 0.1) is 12.2 Å². The normalized spacial score (nSPS) is 12.2. The van der Waals surface area contributed by atoms with Crippen LogP contribution >= 0.6 is 15.9 Å². The van der Waals surface area contributed by atoms with Crippen LogP contribution < -0.4 is 16.2 Å². The lowest BCUT2D eigenvalue weighted by molar-refractivity contribution is 0.192. The van der Waals surface area contributed by atoms with Gasteiger partial charge in [-0.3, -0.25) is 0 Å². The molecule has 1 atom stereocenters. The van der Waals surface area contributed by atoms with Crippen molar-refractivity contribution in [2.75, 3.05) is 11.5 Å². The third kappa shape index (κ3) is 4.14. The van der Waals surface area contributed by atoms with Gasteiger partial charge in [0, 0.05) is 22.3 Å². The van der Waals surface area contributed by atoms with Crippen LogP contribution in [0.4, 0.5) is 11.6 Å². The quantitative estimate of drug-likeness (QED) is 0.473. The Labute approximate surface area is 176 Å². The Hall–Kier alpha value is -3.20. The second-order valence-corrected chi connectivity index (χ2v) is 7.67. The fourth-order valence-corrected chi connectivity index (χ4v) is 3.38. The number of nitrogens with two attached hydrogens (primary N) is 2. The molecule has 0 amide bonds. The molecule has 0 fully saturated rings. The Balaban J connectivity index is 1.65. The highest BCUT2D eigenvalue weighted by Crippen LogP contribution is 2.24. The van der Waals surface area contributed by atoms with E-state index >= 15 is 0 Å². The van der Waals surface area contributed by atoms with Gasteiger partial charge in [0.1, 0.15) is 29.1 Å². The molecule has 148 valence electrons. The van der Waals surface area contributed by atoms with Crippen molar-refractivity contribution in [2.45, 2.75) is 26.5 Å². The Kier molecular flexibility index (Phi) is 5.06. The summed E-state index contributed by atoms with van der Waals surface area (Å²) in [5.41, 5.74) is 14.8. The second kappa shape index (κ2) is 7.67. The number of nitrogens with zero attached hydrogens (tertiary/aromatic N) is 5. The average Bonchev–Trinajstić information content (AvgIpc) is 2.97. The summed E-state index contributed by atoms with van der Waals surface area (Å²) in [7, 11) is 0. The summed E-state index contributed by atoms with van der Waals surface area (Å²) in [4.78, 5) is 17.7. The van der Waals surface area contributed by atoms with Gasteiger partial charge in [-0.25, -0.2) is 19.9 Å². The standard InChI is InChI=1S/C20H20BrN7O/c1-11(29-19-6-3-14(21)9-24-19)10-28-12(2)25-16-5-4-15(26-20(16)28)13-7-17(22)27-18(23)8-13/h3-9,11H,10H2,1-2H3,(H4,22,23,27)/t11-/m0/s1. The maximum Gasteiger partial charge on any atom is 0.213 e. The average molecular weight is 454 g/mol.